The Hall–Kier alpha value is -2.41. The van der Waals surface area contributed by atoms with Gasteiger partial charge in [0.25, 0.3) is 0 Å². The lowest BCUT2D eigenvalue weighted by molar-refractivity contribution is -0.138. The fourth-order valence-electron chi connectivity index (χ4n) is 1.65. The summed E-state index contributed by atoms with van der Waals surface area (Å²) in [6, 6.07) is 5.84. The zero-order chi connectivity index (χ0) is 16.0. The van der Waals surface area contributed by atoms with Crippen molar-refractivity contribution in [3.05, 3.63) is 29.8 Å². The summed E-state index contributed by atoms with van der Waals surface area (Å²) >= 11 is 0. The van der Waals surface area contributed by atoms with E-state index in [4.69, 9.17) is 10.8 Å². The van der Waals surface area contributed by atoms with Crippen molar-refractivity contribution in [2.45, 2.75) is 25.9 Å². The van der Waals surface area contributed by atoms with Crippen molar-refractivity contribution in [3.63, 3.8) is 0 Å². The number of anilines is 1. The summed E-state index contributed by atoms with van der Waals surface area (Å²) in [7, 11) is 1.68. The molecule has 0 spiro atoms. The first-order chi connectivity index (χ1) is 9.79. The SMILES string of the molecule is CC(=O)N(C)Cc1cccc(NC(=O)C(N)CC(=O)O)c1. The van der Waals surface area contributed by atoms with Gasteiger partial charge in [0.05, 0.1) is 12.5 Å². The van der Waals surface area contributed by atoms with Crippen molar-refractivity contribution in [1.29, 1.82) is 0 Å². The molecule has 0 aromatic heterocycles. The van der Waals surface area contributed by atoms with Gasteiger partial charge < -0.3 is 21.1 Å². The van der Waals surface area contributed by atoms with Gasteiger partial charge in [-0.1, -0.05) is 12.1 Å². The van der Waals surface area contributed by atoms with Crippen molar-refractivity contribution in [2.75, 3.05) is 12.4 Å². The third kappa shape index (κ3) is 5.62. The Morgan fingerprint density at radius 1 is 1.38 bits per heavy atom. The second-order valence-electron chi connectivity index (χ2n) is 4.77. The second-order valence-corrected chi connectivity index (χ2v) is 4.77. The standard InChI is InChI=1S/C14H19N3O4/c1-9(18)17(2)8-10-4-3-5-11(6-10)16-14(21)12(15)7-13(19)20/h3-6,12H,7-8,15H2,1-2H3,(H,16,21)(H,19,20). The summed E-state index contributed by atoms with van der Waals surface area (Å²) in [5.41, 5.74) is 6.83. The van der Waals surface area contributed by atoms with Crippen LogP contribution in [-0.4, -0.2) is 40.9 Å². The Balaban J connectivity index is 2.70. The maximum Gasteiger partial charge on any atom is 0.305 e. The van der Waals surface area contributed by atoms with Crippen molar-refractivity contribution in [1.82, 2.24) is 4.90 Å². The quantitative estimate of drug-likeness (QED) is 0.703. The first-order valence-corrected chi connectivity index (χ1v) is 6.38. The molecule has 0 radical (unpaired) electrons. The number of carbonyl (C=O) groups excluding carboxylic acids is 2. The maximum absolute atomic E-state index is 11.7. The van der Waals surface area contributed by atoms with Crippen LogP contribution in [0.1, 0.15) is 18.9 Å². The molecule has 0 aliphatic carbocycles. The predicted octanol–water partition coefficient (Wildman–Crippen LogP) is 0.405. The predicted molar refractivity (Wildman–Crippen MR) is 77.4 cm³/mol. The van der Waals surface area contributed by atoms with Gasteiger partial charge in [-0.05, 0) is 17.7 Å². The van der Waals surface area contributed by atoms with E-state index in [9.17, 15) is 14.4 Å². The van der Waals surface area contributed by atoms with Gasteiger partial charge >= 0.3 is 5.97 Å². The molecule has 0 saturated carbocycles. The van der Waals surface area contributed by atoms with Gasteiger partial charge in [0.15, 0.2) is 0 Å². The molecule has 21 heavy (non-hydrogen) atoms. The number of aliphatic carboxylic acids is 1. The third-order valence-corrected chi connectivity index (χ3v) is 2.88. The van der Waals surface area contributed by atoms with Gasteiger partial charge in [0, 0.05) is 26.2 Å². The molecule has 1 aromatic rings. The number of carbonyl (C=O) groups is 3. The molecule has 0 aliphatic heterocycles. The largest absolute Gasteiger partial charge is 0.481 e. The average molecular weight is 293 g/mol. The topological polar surface area (TPSA) is 113 Å². The number of hydrogen-bond acceptors (Lipinski definition) is 4. The summed E-state index contributed by atoms with van der Waals surface area (Å²) in [6.07, 6.45) is -0.432. The van der Waals surface area contributed by atoms with Gasteiger partial charge in [-0.2, -0.15) is 0 Å². The van der Waals surface area contributed by atoms with E-state index in [1.54, 1.807) is 25.2 Å². The molecule has 0 aliphatic rings. The minimum Gasteiger partial charge on any atom is -0.481 e. The van der Waals surface area contributed by atoms with Gasteiger partial charge in [-0.15, -0.1) is 0 Å². The number of amides is 2. The molecule has 0 saturated heterocycles. The number of nitrogens with one attached hydrogen (secondary N) is 1. The van der Waals surface area contributed by atoms with Crippen molar-refractivity contribution in [3.8, 4) is 0 Å². The van der Waals surface area contributed by atoms with Crippen molar-refractivity contribution >= 4 is 23.5 Å². The van der Waals surface area contributed by atoms with Crippen LogP contribution in [0.25, 0.3) is 0 Å². The molecule has 1 rings (SSSR count). The minimum absolute atomic E-state index is 0.0621. The van der Waals surface area contributed by atoms with Crippen LogP contribution in [0.3, 0.4) is 0 Å². The van der Waals surface area contributed by atoms with Crippen LogP contribution in [0.15, 0.2) is 24.3 Å². The Bertz CT molecular complexity index is 545. The zero-order valence-corrected chi connectivity index (χ0v) is 12.0. The van der Waals surface area contributed by atoms with Gasteiger partial charge in [-0.3, -0.25) is 14.4 Å². The molecular weight excluding hydrogens is 274 g/mol. The van der Waals surface area contributed by atoms with Gasteiger partial charge in [-0.25, -0.2) is 0 Å². The first-order valence-electron chi connectivity index (χ1n) is 6.38. The fraction of sp³-hybridized carbons (Fsp3) is 0.357. The number of rotatable bonds is 6. The van der Waals surface area contributed by atoms with Gasteiger partial charge in [0.2, 0.25) is 11.8 Å². The highest BCUT2D eigenvalue weighted by atomic mass is 16.4. The molecule has 0 fully saturated rings. The van der Waals surface area contributed by atoms with E-state index in [0.717, 1.165) is 5.56 Å². The Labute approximate surface area is 122 Å². The van der Waals surface area contributed by atoms with Crippen LogP contribution in [0, 0.1) is 0 Å². The maximum atomic E-state index is 11.7. The van der Waals surface area contributed by atoms with E-state index in [1.807, 2.05) is 6.07 Å². The molecule has 1 aromatic carbocycles. The highest BCUT2D eigenvalue weighted by Crippen LogP contribution is 2.13. The molecule has 114 valence electrons. The molecule has 4 N–H and O–H groups in total. The summed E-state index contributed by atoms with van der Waals surface area (Å²) in [6.45, 7) is 1.89. The summed E-state index contributed by atoms with van der Waals surface area (Å²) in [4.78, 5) is 35.0. The molecule has 1 atom stereocenters. The number of nitrogens with zero attached hydrogens (tertiary/aromatic N) is 1. The normalized spacial score (nSPS) is 11.6. The molecule has 7 heteroatoms. The Morgan fingerprint density at radius 2 is 2.05 bits per heavy atom. The monoisotopic (exact) mass is 293 g/mol. The molecule has 1 unspecified atom stereocenters. The lowest BCUT2D eigenvalue weighted by atomic mass is 10.1. The number of benzene rings is 1. The van der Waals surface area contributed by atoms with Crippen LogP contribution < -0.4 is 11.1 Å². The van der Waals surface area contributed by atoms with E-state index in [1.165, 1.54) is 11.8 Å². The van der Waals surface area contributed by atoms with Crippen LogP contribution in [-0.2, 0) is 20.9 Å². The summed E-state index contributed by atoms with van der Waals surface area (Å²) in [5.74, 6) is -1.75. The average Bonchev–Trinajstić information content (AvgIpc) is 2.38. The Morgan fingerprint density at radius 3 is 2.62 bits per heavy atom. The second kappa shape index (κ2) is 7.39. The van der Waals surface area contributed by atoms with E-state index < -0.39 is 24.3 Å². The van der Waals surface area contributed by atoms with E-state index >= 15 is 0 Å². The van der Waals surface area contributed by atoms with Crippen LogP contribution >= 0.6 is 0 Å². The minimum atomic E-state index is -1.13. The van der Waals surface area contributed by atoms with Crippen LogP contribution in [0.5, 0.6) is 0 Å². The number of hydrogen-bond donors (Lipinski definition) is 3. The van der Waals surface area contributed by atoms with E-state index in [2.05, 4.69) is 5.32 Å². The number of carboxylic acid groups (broad SMARTS) is 1. The smallest absolute Gasteiger partial charge is 0.305 e. The zero-order valence-electron chi connectivity index (χ0n) is 12.0. The molecule has 7 nitrogen and oxygen atoms in total. The lowest BCUT2D eigenvalue weighted by Gasteiger charge is -2.16. The lowest BCUT2D eigenvalue weighted by Crippen LogP contribution is -2.37. The highest BCUT2D eigenvalue weighted by Gasteiger charge is 2.17. The van der Waals surface area contributed by atoms with Crippen molar-refractivity contribution < 1.29 is 19.5 Å². The molecule has 2 amide bonds. The number of nitrogens with two attached hydrogens (primary N) is 1. The van der Waals surface area contributed by atoms with E-state index in [-0.39, 0.29) is 5.91 Å². The highest BCUT2D eigenvalue weighted by molar-refractivity contribution is 5.96. The third-order valence-electron chi connectivity index (χ3n) is 2.88. The fourth-order valence-corrected chi connectivity index (χ4v) is 1.65. The molecule has 0 heterocycles. The van der Waals surface area contributed by atoms with Crippen LogP contribution in [0.2, 0.25) is 0 Å². The molecular formula is C14H19N3O4. The van der Waals surface area contributed by atoms with Crippen molar-refractivity contribution in [2.24, 2.45) is 5.73 Å². The van der Waals surface area contributed by atoms with E-state index in [0.29, 0.717) is 12.2 Å². The Kier molecular flexibility index (Phi) is 5.86. The molecule has 0 bridgehead atoms. The van der Waals surface area contributed by atoms with Crippen LogP contribution in [0.4, 0.5) is 5.69 Å². The number of carboxylic acids is 1. The van der Waals surface area contributed by atoms with Gasteiger partial charge in [0.1, 0.15) is 0 Å². The summed E-state index contributed by atoms with van der Waals surface area (Å²) < 4.78 is 0. The summed E-state index contributed by atoms with van der Waals surface area (Å²) in [5, 5.41) is 11.2. The first kappa shape index (κ1) is 16.6.